The molecule has 2 aromatic carbocycles. The topological polar surface area (TPSA) is 98.1 Å². The van der Waals surface area contributed by atoms with Crippen molar-refractivity contribution in [3.8, 4) is 17.0 Å². The lowest BCUT2D eigenvalue weighted by molar-refractivity contribution is 0.0203. The van der Waals surface area contributed by atoms with Crippen LogP contribution in [0.25, 0.3) is 16.9 Å². The maximum atomic E-state index is 13.8. The molecule has 2 aromatic heterocycles. The van der Waals surface area contributed by atoms with E-state index >= 15 is 0 Å². The third-order valence-electron chi connectivity index (χ3n) is 7.20. The summed E-state index contributed by atoms with van der Waals surface area (Å²) in [6.45, 7) is 13.2. The maximum Gasteiger partial charge on any atom is 0.410 e. The molecule has 0 bridgehead atoms. The van der Waals surface area contributed by atoms with Gasteiger partial charge in [-0.05, 0) is 102 Å². The minimum Gasteiger partial charge on any atom is -0.494 e. The lowest BCUT2D eigenvalue weighted by Gasteiger charge is -2.33. The molecule has 0 radical (unpaired) electrons. The van der Waals surface area contributed by atoms with Gasteiger partial charge in [-0.3, -0.25) is 4.79 Å². The zero-order valence-corrected chi connectivity index (χ0v) is 25.2. The van der Waals surface area contributed by atoms with E-state index in [1.54, 1.807) is 15.6 Å². The number of piperidine rings is 1. The number of nitrogens with zero attached hydrogens (tertiary/aromatic N) is 4. The molecule has 1 aliphatic rings. The molecule has 42 heavy (non-hydrogen) atoms. The summed E-state index contributed by atoms with van der Waals surface area (Å²) >= 11 is 0. The lowest BCUT2D eigenvalue weighted by atomic mass is 9.90. The molecular weight excluding hydrogens is 530 g/mol. The van der Waals surface area contributed by atoms with Gasteiger partial charge in [0.15, 0.2) is 5.65 Å². The summed E-state index contributed by atoms with van der Waals surface area (Å²) in [5.74, 6) is 0.558. The van der Waals surface area contributed by atoms with E-state index in [0.717, 1.165) is 33.8 Å². The van der Waals surface area contributed by atoms with Crippen molar-refractivity contribution in [2.24, 2.45) is 0 Å². The number of amides is 2. The third kappa shape index (κ3) is 6.73. The van der Waals surface area contributed by atoms with Crippen molar-refractivity contribution < 1.29 is 19.1 Å². The van der Waals surface area contributed by atoms with Crippen LogP contribution in [0.1, 0.15) is 73.6 Å². The highest BCUT2D eigenvalue weighted by Gasteiger charge is 2.31. The number of ether oxygens (including phenoxy) is 2. The van der Waals surface area contributed by atoms with Gasteiger partial charge in [-0.2, -0.15) is 5.10 Å². The number of fused-ring (bicyclic) bond motifs is 1. The quantitative estimate of drug-likeness (QED) is 0.275. The van der Waals surface area contributed by atoms with Crippen LogP contribution in [0.4, 0.5) is 10.5 Å². The fourth-order valence-corrected chi connectivity index (χ4v) is 5.36. The molecule has 220 valence electrons. The molecule has 1 aliphatic heterocycles. The highest BCUT2D eigenvalue weighted by atomic mass is 16.6. The van der Waals surface area contributed by atoms with Crippen LogP contribution < -0.4 is 10.1 Å². The molecule has 3 heterocycles. The van der Waals surface area contributed by atoms with Crippen LogP contribution in [-0.4, -0.2) is 56.8 Å². The molecule has 0 saturated carbocycles. The van der Waals surface area contributed by atoms with E-state index in [1.807, 2.05) is 84.0 Å². The molecule has 2 amide bonds. The first-order valence-corrected chi connectivity index (χ1v) is 14.5. The Kier molecular flexibility index (Phi) is 8.20. The van der Waals surface area contributed by atoms with Gasteiger partial charge in [0.2, 0.25) is 0 Å². The smallest absolute Gasteiger partial charge is 0.410 e. The van der Waals surface area contributed by atoms with Crippen molar-refractivity contribution in [3.05, 3.63) is 77.1 Å². The molecule has 0 unspecified atom stereocenters. The van der Waals surface area contributed by atoms with Crippen molar-refractivity contribution in [3.63, 3.8) is 0 Å². The zero-order valence-electron chi connectivity index (χ0n) is 25.2. The Morgan fingerprint density at radius 3 is 2.29 bits per heavy atom. The van der Waals surface area contributed by atoms with E-state index in [9.17, 15) is 9.59 Å². The van der Waals surface area contributed by atoms with Crippen LogP contribution in [0.5, 0.6) is 5.75 Å². The molecule has 0 spiro atoms. The van der Waals surface area contributed by atoms with Crippen LogP contribution in [-0.2, 0) is 4.74 Å². The van der Waals surface area contributed by atoms with Gasteiger partial charge in [-0.1, -0.05) is 6.07 Å². The average molecular weight is 570 g/mol. The van der Waals surface area contributed by atoms with Crippen molar-refractivity contribution in [1.29, 1.82) is 0 Å². The van der Waals surface area contributed by atoms with Gasteiger partial charge in [-0.25, -0.2) is 14.3 Å². The van der Waals surface area contributed by atoms with Gasteiger partial charge in [0.05, 0.1) is 23.6 Å². The average Bonchev–Trinajstić information content (AvgIpc) is 3.35. The van der Waals surface area contributed by atoms with E-state index < -0.39 is 5.60 Å². The summed E-state index contributed by atoms with van der Waals surface area (Å²) < 4.78 is 12.8. The van der Waals surface area contributed by atoms with E-state index in [-0.39, 0.29) is 17.9 Å². The standard InChI is InChI=1S/C33H39N5O4/c1-7-41-26-10-8-23(9-11-26)28-19-29-35-30(24-12-14-37(15-13-24)32(40)42-33(4,5)6)27(20-38(29)36-28)31(39)34-25-17-21(2)16-22(3)18-25/h8-11,16-20,24H,7,12-15H2,1-6H3,(H,34,39). The number of aryl methyl sites for hydroxylation is 2. The van der Waals surface area contributed by atoms with Gasteiger partial charge >= 0.3 is 6.09 Å². The van der Waals surface area contributed by atoms with Gasteiger partial charge in [0, 0.05) is 42.5 Å². The summed E-state index contributed by atoms with van der Waals surface area (Å²) in [6, 6.07) is 15.7. The van der Waals surface area contributed by atoms with Crippen LogP contribution in [0.3, 0.4) is 0 Å². The first-order chi connectivity index (χ1) is 20.0. The highest BCUT2D eigenvalue weighted by Crippen LogP contribution is 2.32. The lowest BCUT2D eigenvalue weighted by Crippen LogP contribution is -2.41. The predicted molar refractivity (Wildman–Crippen MR) is 163 cm³/mol. The summed E-state index contributed by atoms with van der Waals surface area (Å²) in [4.78, 5) is 33.2. The van der Waals surface area contributed by atoms with Crippen molar-refractivity contribution in [1.82, 2.24) is 19.5 Å². The van der Waals surface area contributed by atoms with E-state index in [0.29, 0.717) is 49.4 Å². The number of anilines is 1. The molecule has 9 heteroatoms. The van der Waals surface area contributed by atoms with Gasteiger partial charge in [0.1, 0.15) is 11.4 Å². The molecule has 1 fully saturated rings. The van der Waals surface area contributed by atoms with E-state index in [4.69, 9.17) is 19.6 Å². The van der Waals surface area contributed by atoms with Crippen molar-refractivity contribution in [2.75, 3.05) is 25.0 Å². The van der Waals surface area contributed by atoms with E-state index in [1.165, 1.54) is 0 Å². The summed E-state index contributed by atoms with van der Waals surface area (Å²) in [5, 5.41) is 7.83. The third-order valence-corrected chi connectivity index (χ3v) is 7.20. The first-order valence-electron chi connectivity index (χ1n) is 14.5. The minimum absolute atomic E-state index is 0.00231. The fourth-order valence-electron chi connectivity index (χ4n) is 5.36. The number of hydrogen-bond acceptors (Lipinski definition) is 6. The number of aromatic nitrogens is 3. The fraction of sp³-hybridized carbons (Fsp3) is 0.394. The summed E-state index contributed by atoms with van der Waals surface area (Å²) in [5.41, 5.74) is 5.85. The number of carbonyl (C=O) groups excluding carboxylic acids is 2. The highest BCUT2D eigenvalue weighted by molar-refractivity contribution is 6.05. The Bertz CT molecular complexity index is 1580. The molecule has 4 aromatic rings. The van der Waals surface area contributed by atoms with Crippen LogP contribution in [0.15, 0.2) is 54.7 Å². The SMILES string of the molecule is CCOc1ccc(-c2cc3nc(C4CCN(C(=O)OC(C)(C)C)CC4)c(C(=O)Nc4cc(C)cc(C)c4)cn3n2)cc1. The molecule has 1 saturated heterocycles. The molecule has 5 rings (SSSR count). The predicted octanol–water partition coefficient (Wildman–Crippen LogP) is 6.78. The van der Waals surface area contributed by atoms with Crippen LogP contribution in [0.2, 0.25) is 0 Å². The Hall–Kier alpha value is -4.40. The van der Waals surface area contributed by atoms with Crippen LogP contribution >= 0.6 is 0 Å². The summed E-state index contributed by atoms with van der Waals surface area (Å²) in [6.07, 6.45) is 2.81. The van der Waals surface area contributed by atoms with Crippen molar-refractivity contribution in [2.45, 2.75) is 65.9 Å². The maximum absolute atomic E-state index is 13.8. The number of likely N-dealkylation sites (tertiary alicyclic amines) is 1. The minimum atomic E-state index is -0.553. The number of hydrogen-bond donors (Lipinski definition) is 1. The molecule has 1 N–H and O–H groups in total. The first kappa shape index (κ1) is 29.1. The van der Waals surface area contributed by atoms with Crippen molar-refractivity contribution >= 4 is 23.3 Å². The monoisotopic (exact) mass is 569 g/mol. The second-order valence-electron chi connectivity index (χ2n) is 11.9. The molecule has 9 nitrogen and oxygen atoms in total. The largest absolute Gasteiger partial charge is 0.494 e. The molecule has 0 atom stereocenters. The number of benzene rings is 2. The van der Waals surface area contributed by atoms with E-state index in [2.05, 4.69) is 11.4 Å². The number of rotatable bonds is 6. The Labute approximate surface area is 246 Å². The number of nitrogens with one attached hydrogen (secondary N) is 1. The van der Waals surface area contributed by atoms with Crippen LogP contribution in [0, 0.1) is 13.8 Å². The Morgan fingerprint density at radius 2 is 1.67 bits per heavy atom. The number of carbonyl (C=O) groups is 2. The second-order valence-corrected chi connectivity index (χ2v) is 11.9. The molecule has 0 aliphatic carbocycles. The van der Waals surface area contributed by atoms with Gasteiger partial charge in [-0.15, -0.1) is 0 Å². The normalized spacial score (nSPS) is 14.2. The Morgan fingerprint density at radius 1 is 1.00 bits per heavy atom. The summed E-state index contributed by atoms with van der Waals surface area (Å²) in [7, 11) is 0. The zero-order chi connectivity index (χ0) is 30.0. The Balaban J connectivity index is 1.47. The molecular formula is C33H39N5O4. The second kappa shape index (κ2) is 11.8. The van der Waals surface area contributed by atoms with Gasteiger partial charge < -0.3 is 19.7 Å². The van der Waals surface area contributed by atoms with Gasteiger partial charge in [0.25, 0.3) is 5.91 Å².